The Balaban J connectivity index is 0.00000529. The van der Waals surface area contributed by atoms with E-state index in [2.05, 4.69) is 12.6 Å². The number of carbonyl (C=O) groups is 2. The molecule has 0 unspecified atom stereocenters. The Morgan fingerprint density at radius 2 is 1.71 bits per heavy atom. The van der Waals surface area contributed by atoms with Gasteiger partial charge in [0.1, 0.15) is 0 Å². The Bertz CT molecular complexity index is 821. The zero-order valence-corrected chi connectivity index (χ0v) is 14.6. The Hall–Kier alpha value is -0.430. The summed E-state index contributed by atoms with van der Waals surface area (Å²) in [4.78, 5) is 24.1. The summed E-state index contributed by atoms with van der Waals surface area (Å²) in [5.41, 5.74) is -0.239. The van der Waals surface area contributed by atoms with Gasteiger partial charge in [0.25, 0.3) is 15.2 Å². The monoisotopic (exact) mass is 405 g/mol. The van der Waals surface area contributed by atoms with Gasteiger partial charge in [0.2, 0.25) is 5.91 Å². The third kappa shape index (κ3) is 6.14. The molecule has 0 radical (unpaired) electrons. The van der Waals surface area contributed by atoms with Gasteiger partial charge in [-0.3, -0.25) is 14.1 Å². The molecule has 1 N–H and O–H groups in total. The van der Waals surface area contributed by atoms with Crippen molar-refractivity contribution >= 4 is 73.3 Å². The normalized spacial score (nSPS) is 11.5. The Morgan fingerprint density at radius 1 is 1.17 bits per heavy atom. The molecule has 1 aromatic carbocycles. The summed E-state index contributed by atoms with van der Waals surface area (Å²) in [7, 11) is -9.29. The molecule has 1 rings (SSSR count). The second kappa shape index (κ2) is 9.32. The van der Waals surface area contributed by atoms with Gasteiger partial charge in [-0.25, -0.2) is 4.31 Å². The van der Waals surface area contributed by atoms with E-state index < -0.39 is 43.5 Å². The van der Waals surface area contributed by atoms with E-state index in [0.717, 1.165) is 0 Å². The third-order valence-electron chi connectivity index (χ3n) is 2.78. The molecule has 0 aliphatic rings. The molecular formula is C12H16NNaO7S3. The van der Waals surface area contributed by atoms with E-state index in [1.807, 2.05) is 0 Å². The van der Waals surface area contributed by atoms with E-state index in [9.17, 15) is 26.4 Å². The number of thiol groups is 1. The van der Waals surface area contributed by atoms with Crippen molar-refractivity contribution in [2.24, 2.45) is 0 Å². The predicted molar refractivity (Wildman–Crippen MR) is 92.5 cm³/mol. The molecule has 0 heterocycles. The predicted octanol–water partition coefficient (Wildman–Crippen LogP) is -0.0768. The van der Waals surface area contributed by atoms with Gasteiger partial charge in [0.15, 0.2) is 0 Å². The molecule has 1 aromatic rings. The van der Waals surface area contributed by atoms with Gasteiger partial charge >= 0.3 is 39.6 Å². The van der Waals surface area contributed by atoms with Crippen LogP contribution in [0.3, 0.4) is 0 Å². The van der Waals surface area contributed by atoms with Gasteiger partial charge in [0.05, 0.1) is 12.3 Å². The number of sulfonamides is 1. The van der Waals surface area contributed by atoms with Crippen LogP contribution in [0.4, 0.5) is 0 Å². The number of rotatable bonds is 5. The first kappa shape index (κ1) is 23.6. The first-order chi connectivity index (χ1) is 10.5. The van der Waals surface area contributed by atoms with Crippen LogP contribution in [0.1, 0.15) is 23.7 Å². The summed E-state index contributed by atoms with van der Waals surface area (Å²) >= 11 is 3.99. The van der Waals surface area contributed by atoms with E-state index in [0.29, 0.717) is 0 Å². The standard InChI is InChI=1S/C12H15NO7S3.Na.H/c1-2-11(14)13(7-8-22(16,17)18)23(19,20)12(15)9-5-3-4-6-10(9)21;;/h3-6,21H,2,7-8H2,1H3,(H,16,17,18);;. The molecule has 0 aliphatic heterocycles. The van der Waals surface area contributed by atoms with E-state index in [-0.39, 0.29) is 50.7 Å². The average Bonchev–Trinajstić information content (AvgIpc) is 2.45. The van der Waals surface area contributed by atoms with Crippen molar-refractivity contribution in [2.75, 3.05) is 12.3 Å². The van der Waals surface area contributed by atoms with Crippen molar-refractivity contribution in [1.29, 1.82) is 0 Å². The van der Waals surface area contributed by atoms with Crippen LogP contribution in [0.2, 0.25) is 0 Å². The molecule has 0 saturated carbocycles. The SMILES string of the molecule is CCC(=O)N(CCS(=O)(=O)O)S(=O)(=O)C(=O)c1ccccc1S.[NaH]. The fourth-order valence-corrected chi connectivity index (χ4v) is 3.89. The minimum absolute atomic E-state index is 0. The number of hydrogen-bond donors (Lipinski definition) is 2. The molecule has 12 heteroatoms. The van der Waals surface area contributed by atoms with Crippen molar-refractivity contribution in [1.82, 2.24) is 4.31 Å². The second-order valence-electron chi connectivity index (χ2n) is 4.42. The van der Waals surface area contributed by atoms with E-state index >= 15 is 0 Å². The summed E-state index contributed by atoms with van der Waals surface area (Å²) in [5, 5.41) is -1.37. The van der Waals surface area contributed by atoms with Crippen LogP contribution in [0.25, 0.3) is 0 Å². The molecule has 0 bridgehead atoms. The molecule has 0 atom stereocenters. The van der Waals surface area contributed by atoms with Crippen LogP contribution in [0.15, 0.2) is 29.2 Å². The van der Waals surface area contributed by atoms with Gasteiger partial charge in [-0.15, -0.1) is 12.6 Å². The van der Waals surface area contributed by atoms with Crippen LogP contribution < -0.4 is 0 Å². The molecule has 0 spiro atoms. The van der Waals surface area contributed by atoms with Gasteiger partial charge in [-0.05, 0) is 12.1 Å². The van der Waals surface area contributed by atoms with E-state index in [4.69, 9.17) is 4.55 Å². The van der Waals surface area contributed by atoms with Crippen molar-refractivity contribution in [2.45, 2.75) is 18.2 Å². The molecule has 8 nitrogen and oxygen atoms in total. The quantitative estimate of drug-likeness (QED) is 0.399. The van der Waals surface area contributed by atoms with Crippen molar-refractivity contribution in [3.63, 3.8) is 0 Å². The first-order valence-corrected chi connectivity index (χ1v) is 9.83. The van der Waals surface area contributed by atoms with Crippen LogP contribution in [0, 0.1) is 0 Å². The molecule has 0 saturated heterocycles. The molecule has 0 fully saturated rings. The summed E-state index contributed by atoms with van der Waals surface area (Å²) in [6.07, 6.45) is -0.263. The van der Waals surface area contributed by atoms with Gasteiger partial charge in [0, 0.05) is 16.9 Å². The van der Waals surface area contributed by atoms with E-state index in [1.165, 1.54) is 25.1 Å². The van der Waals surface area contributed by atoms with Gasteiger partial charge < -0.3 is 0 Å². The fourth-order valence-electron chi connectivity index (χ4n) is 1.64. The van der Waals surface area contributed by atoms with Crippen LogP contribution in [0.5, 0.6) is 0 Å². The summed E-state index contributed by atoms with van der Waals surface area (Å²) in [6.45, 7) is 0.504. The van der Waals surface area contributed by atoms with Crippen molar-refractivity contribution in [3.05, 3.63) is 29.8 Å². The van der Waals surface area contributed by atoms with Crippen LogP contribution >= 0.6 is 12.6 Å². The molecule has 0 aliphatic carbocycles. The molecule has 0 aromatic heterocycles. The minimum atomic E-state index is -4.79. The van der Waals surface area contributed by atoms with Gasteiger partial charge in [-0.2, -0.15) is 16.8 Å². The van der Waals surface area contributed by atoms with Crippen molar-refractivity contribution in [3.8, 4) is 0 Å². The zero-order valence-electron chi connectivity index (χ0n) is 12.0. The summed E-state index contributed by atoms with van der Waals surface area (Å²) in [5.74, 6) is -1.97. The Morgan fingerprint density at radius 3 is 2.17 bits per heavy atom. The number of hydrogen-bond acceptors (Lipinski definition) is 7. The third-order valence-corrected chi connectivity index (χ3v) is 5.52. The zero-order chi connectivity index (χ0) is 17.8. The summed E-state index contributed by atoms with van der Waals surface area (Å²) < 4.78 is 55.2. The van der Waals surface area contributed by atoms with Crippen molar-refractivity contribution < 1.29 is 31.0 Å². The Kier molecular flexibility index (Phi) is 9.15. The van der Waals surface area contributed by atoms with Crippen LogP contribution in [-0.2, 0) is 24.9 Å². The molecule has 24 heavy (non-hydrogen) atoms. The molecular weight excluding hydrogens is 389 g/mol. The second-order valence-corrected chi connectivity index (χ2v) is 8.23. The number of amides is 1. The molecule has 1 amide bonds. The Labute approximate surface area is 168 Å². The number of benzene rings is 1. The topological polar surface area (TPSA) is 126 Å². The summed E-state index contributed by atoms with van der Waals surface area (Å²) in [6, 6.07) is 5.58. The average molecular weight is 405 g/mol. The fraction of sp³-hybridized carbons (Fsp3) is 0.333. The number of nitrogens with zero attached hydrogens (tertiary/aromatic N) is 1. The first-order valence-electron chi connectivity index (χ1n) is 6.33. The maximum absolute atomic E-state index is 12.3. The van der Waals surface area contributed by atoms with E-state index in [1.54, 1.807) is 6.07 Å². The number of carbonyl (C=O) groups excluding carboxylic acids is 2. The maximum atomic E-state index is 12.3. The molecule has 130 valence electrons. The van der Waals surface area contributed by atoms with Gasteiger partial charge in [-0.1, -0.05) is 19.1 Å². The van der Waals surface area contributed by atoms with Crippen LogP contribution in [-0.4, -0.2) is 78.6 Å².